The van der Waals surface area contributed by atoms with Crippen LogP contribution in [0.3, 0.4) is 0 Å². The van der Waals surface area contributed by atoms with Gasteiger partial charge in [0.15, 0.2) is 21.9 Å². The maximum absolute atomic E-state index is 13.4. The van der Waals surface area contributed by atoms with Crippen molar-refractivity contribution in [2.45, 2.75) is 10.6 Å². The molecule has 94 valence electrons. The van der Waals surface area contributed by atoms with Gasteiger partial charge in [0.25, 0.3) is 0 Å². The highest BCUT2D eigenvalue weighted by molar-refractivity contribution is 7.90. The fraction of sp³-hybridized carbons (Fsp3) is 0.0833. The number of aldehydes is 1. The van der Waals surface area contributed by atoms with Crippen molar-refractivity contribution >= 4 is 16.1 Å². The summed E-state index contributed by atoms with van der Waals surface area (Å²) in [6, 6.07) is 7.85. The van der Waals surface area contributed by atoms with Crippen molar-refractivity contribution in [1.29, 1.82) is 0 Å². The molecule has 4 nitrogen and oxygen atoms in total. The van der Waals surface area contributed by atoms with Crippen LogP contribution in [0.1, 0.15) is 16.3 Å². The zero-order valence-electron chi connectivity index (χ0n) is 9.17. The highest BCUT2D eigenvalue weighted by atomic mass is 32.2. The molecule has 0 N–H and O–H groups in total. The summed E-state index contributed by atoms with van der Waals surface area (Å²) in [6.45, 7) is 0. The van der Waals surface area contributed by atoms with Gasteiger partial charge in [-0.05, 0) is 24.3 Å². The number of hydrogen-bond acceptors (Lipinski definition) is 4. The number of hydrogen-bond donors (Lipinski definition) is 0. The van der Waals surface area contributed by atoms with Gasteiger partial charge in [0.05, 0.1) is 0 Å². The molecule has 0 atom stereocenters. The zero-order valence-corrected chi connectivity index (χ0v) is 9.98. The molecule has 0 aliphatic carbocycles. The van der Waals surface area contributed by atoms with E-state index < -0.39 is 21.4 Å². The van der Waals surface area contributed by atoms with Crippen molar-refractivity contribution in [3.63, 3.8) is 0 Å². The maximum atomic E-state index is 13.4. The Morgan fingerprint density at radius 1 is 1.17 bits per heavy atom. The van der Waals surface area contributed by atoms with Crippen LogP contribution in [0.25, 0.3) is 0 Å². The monoisotopic (exact) mass is 268 g/mol. The van der Waals surface area contributed by atoms with Crippen LogP contribution in [0.15, 0.2) is 45.7 Å². The van der Waals surface area contributed by atoms with Gasteiger partial charge in [0, 0.05) is 0 Å². The quantitative estimate of drug-likeness (QED) is 0.797. The molecular weight excluding hydrogens is 259 g/mol. The number of furan rings is 1. The first-order valence-electron chi connectivity index (χ1n) is 5.04. The van der Waals surface area contributed by atoms with Crippen LogP contribution in [0.2, 0.25) is 0 Å². The lowest BCUT2D eigenvalue weighted by Gasteiger charge is -2.03. The van der Waals surface area contributed by atoms with Gasteiger partial charge in [-0.25, -0.2) is 12.8 Å². The lowest BCUT2D eigenvalue weighted by molar-refractivity contribution is 0.109. The lowest BCUT2D eigenvalue weighted by atomic mass is 10.3. The van der Waals surface area contributed by atoms with E-state index in [1.54, 1.807) is 0 Å². The average molecular weight is 268 g/mol. The number of carbonyl (C=O) groups excluding carboxylic acids is 1. The molecule has 0 fully saturated rings. The third-order valence-corrected chi connectivity index (χ3v) is 3.97. The fourth-order valence-electron chi connectivity index (χ4n) is 1.50. The second kappa shape index (κ2) is 4.73. The number of carbonyl (C=O) groups is 1. The minimum absolute atomic E-state index is 0.0359. The molecule has 0 spiro atoms. The van der Waals surface area contributed by atoms with Gasteiger partial charge in [0.1, 0.15) is 22.2 Å². The molecular formula is C12H9FO4S. The van der Waals surface area contributed by atoms with E-state index >= 15 is 0 Å². The third-order valence-electron chi connectivity index (χ3n) is 2.30. The molecule has 0 aliphatic heterocycles. The number of benzene rings is 1. The van der Waals surface area contributed by atoms with Crippen LogP contribution >= 0.6 is 0 Å². The van der Waals surface area contributed by atoms with Gasteiger partial charge in [-0.2, -0.15) is 0 Å². The Hall–Kier alpha value is -1.95. The molecule has 0 saturated heterocycles. The smallest absolute Gasteiger partial charge is 0.188 e. The van der Waals surface area contributed by atoms with Crippen molar-refractivity contribution in [3.8, 4) is 0 Å². The van der Waals surface area contributed by atoms with Gasteiger partial charge in [0.2, 0.25) is 0 Å². The zero-order chi connectivity index (χ0) is 13.2. The van der Waals surface area contributed by atoms with Crippen molar-refractivity contribution in [2.75, 3.05) is 0 Å². The molecule has 18 heavy (non-hydrogen) atoms. The van der Waals surface area contributed by atoms with E-state index in [2.05, 4.69) is 0 Å². The molecule has 0 bridgehead atoms. The van der Waals surface area contributed by atoms with E-state index in [1.165, 1.54) is 30.3 Å². The standard InChI is InChI=1S/C12H9FO4S/c13-11-3-1-2-4-12(11)18(15,16)8-10-6-5-9(7-14)17-10/h1-7H,8H2. The van der Waals surface area contributed by atoms with Crippen LogP contribution in [0, 0.1) is 5.82 Å². The third kappa shape index (κ3) is 2.48. The summed E-state index contributed by atoms with van der Waals surface area (Å²) in [5.74, 6) is -1.16. The Labute approximate surface area is 103 Å². The van der Waals surface area contributed by atoms with E-state index in [9.17, 15) is 17.6 Å². The Bertz CT molecular complexity index is 673. The summed E-state index contributed by atoms with van der Waals surface area (Å²) in [4.78, 5) is 10.0. The molecule has 6 heteroatoms. The fourth-order valence-corrected chi connectivity index (χ4v) is 2.83. The largest absolute Gasteiger partial charge is 0.457 e. The Kier molecular flexibility index (Phi) is 3.29. The second-order valence-corrected chi connectivity index (χ2v) is 5.57. The Morgan fingerprint density at radius 3 is 2.50 bits per heavy atom. The topological polar surface area (TPSA) is 64.3 Å². The van der Waals surface area contributed by atoms with Crippen LogP contribution in [-0.2, 0) is 15.6 Å². The molecule has 1 heterocycles. The Morgan fingerprint density at radius 2 is 1.89 bits per heavy atom. The summed E-state index contributed by atoms with van der Waals surface area (Å²) >= 11 is 0. The molecule has 1 aromatic carbocycles. The van der Waals surface area contributed by atoms with Crippen molar-refractivity contribution in [3.05, 3.63) is 53.7 Å². The average Bonchev–Trinajstić information content (AvgIpc) is 2.76. The number of rotatable bonds is 4. The van der Waals surface area contributed by atoms with Gasteiger partial charge in [-0.15, -0.1) is 0 Å². The second-order valence-electron chi connectivity index (χ2n) is 3.61. The summed E-state index contributed by atoms with van der Waals surface area (Å²) in [5.41, 5.74) is 0. The first kappa shape index (κ1) is 12.5. The molecule has 2 aromatic rings. The van der Waals surface area contributed by atoms with Gasteiger partial charge >= 0.3 is 0 Å². The predicted molar refractivity (Wildman–Crippen MR) is 61.4 cm³/mol. The van der Waals surface area contributed by atoms with Crippen LogP contribution in [0.5, 0.6) is 0 Å². The first-order valence-corrected chi connectivity index (χ1v) is 6.69. The van der Waals surface area contributed by atoms with E-state index in [0.717, 1.165) is 6.07 Å². The Balaban J connectivity index is 2.33. The molecule has 0 aliphatic rings. The van der Waals surface area contributed by atoms with E-state index in [1.807, 2.05) is 0 Å². The van der Waals surface area contributed by atoms with E-state index in [0.29, 0.717) is 6.29 Å². The van der Waals surface area contributed by atoms with E-state index in [-0.39, 0.29) is 16.4 Å². The normalized spacial score (nSPS) is 11.4. The van der Waals surface area contributed by atoms with Crippen LogP contribution in [-0.4, -0.2) is 14.7 Å². The molecule has 1 aromatic heterocycles. The number of sulfone groups is 1. The predicted octanol–water partition coefficient (Wildman–Crippen LogP) is 2.21. The highest BCUT2D eigenvalue weighted by Gasteiger charge is 2.21. The minimum atomic E-state index is -3.82. The van der Waals surface area contributed by atoms with Crippen LogP contribution < -0.4 is 0 Å². The van der Waals surface area contributed by atoms with E-state index in [4.69, 9.17) is 4.42 Å². The number of halogens is 1. The summed E-state index contributed by atoms with van der Waals surface area (Å²) in [5, 5.41) is 0. The molecule has 0 unspecified atom stereocenters. The minimum Gasteiger partial charge on any atom is -0.457 e. The SMILES string of the molecule is O=Cc1ccc(CS(=O)(=O)c2ccccc2F)o1. The van der Waals surface area contributed by atoms with Crippen molar-refractivity contribution in [2.24, 2.45) is 0 Å². The summed E-state index contributed by atoms with van der Waals surface area (Å²) in [6.07, 6.45) is 0.471. The molecule has 0 saturated carbocycles. The van der Waals surface area contributed by atoms with Crippen LogP contribution in [0.4, 0.5) is 4.39 Å². The van der Waals surface area contributed by atoms with Crippen molar-refractivity contribution < 1.29 is 22.0 Å². The van der Waals surface area contributed by atoms with Gasteiger partial charge < -0.3 is 4.42 Å². The summed E-state index contributed by atoms with van der Waals surface area (Å²) < 4.78 is 42.2. The summed E-state index contributed by atoms with van der Waals surface area (Å²) in [7, 11) is -3.82. The molecule has 0 amide bonds. The lowest BCUT2D eigenvalue weighted by Crippen LogP contribution is -2.06. The van der Waals surface area contributed by atoms with Crippen molar-refractivity contribution in [1.82, 2.24) is 0 Å². The first-order chi connectivity index (χ1) is 8.53. The van der Waals surface area contributed by atoms with Gasteiger partial charge in [-0.3, -0.25) is 4.79 Å². The maximum Gasteiger partial charge on any atom is 0.188 e. The molecule has 0 radical (unpaired) electrons. The molecule has 2 rings (SSSR count). The highest BCUT2D eigenvalue weighted by Crippen LogP contribution is 2.20. The van der Waals surface area contributed by atoms with Gasteiger partial charge in [-0.1, -0.05) is 12.1 Å².